The van der Waals surface area contributed by atoms with Crippen molar-refractivity contribution in [2.45, 2.75) is 26.8 Å². The van der Waals surface area contributed by atoms with Gasteiger partial charge in [-0.15, -0.1) is 11.3 Å². The molecule has 31 heavy (non-hydrogen) atoms. The fourth-order valence-corrected chi connectivity index (χ4v) is 4.67. The van der Waals surface area contributed by atoms with Crippen molar-refractivity contribution < 1.29 is 4.79 Å². The zero-order valence-electron chi connectivity index (χ0n) is 17.8. The maximum absolute atomic E-state index is 12.9. The molecule has 1 amide bonds. The van der Waals surface area contributed by atoms with E-state index in [0.717, 1.165) is 27.5 Å². The van der Waals surface area contributed by atoms with Gasteiger partial charge in [-0.2, -0.15) is 0 Å². The molecule has 2 aromatic heterocycles. The highest BCUT2D eigenvalue weighted by Gasteiger charge is 2.25. The van der Waals surface area contributed by atoms with Gasteiger partial charge in [-0.1, -0.05) is 48.5 Å². The molecule has 4 rings (SSSR count). The van der Waals surface area contributed by atoms with E-state index < -0.39 is 0 Å². The third-order valence-corrected chi connectivity index (χ3v) is 6.46. The number of hydrogen-bond acceptors (Lipinski definition) is 4. The fourth-order valence-electron chi connectivity index (χ4n) is 3.58. The number of thiophene rings is 1. The average Bonchev–Trinajstić information content (AvgIpc) is 3.06. The Balaban J connectivity index is 1.76. The van der Waals surface area contributed by atoms with Crippen molar-refractivity contribution >= 4 is 28.1 Å². The summed E-state index contributed by atoms with van der Waals surface area (Å²) >= 11 is 1.61. The molecule has 4 nitrogen and oxygen atoms in total. The fraction of sp³-hybridized carbons (Fsp3) is 0.154. The van der Waals surface area contributed by atoms with E-state index in [-0.39, 0.29) is 11.9 Å². The lowest BCUT2D eigenvalue weighted by atomic mass is 9.96. The summed E-state index contributed by atoms with van der Waals surface area (Å²) in [6, 6.07) is 23.4. The molecule has 2 heterocycles. The van der Waals surface area contributed by atoms with E-state index in [1.807, 2.05) is 66.9 Å². The van der Waals surface area contributed by atoms with Crippen molar-refractivity contribution in [2.75, 3.05) is 10.6 Å². The lowest BCUT2D eigenvalue weighted by molar-refractivity contribution is 0.102. The van der Waals surface area contributed by atoms with E-state index in [4.69, 9.17) is 0 Å². The Morgan fingerprint density at radius 1 is 0.935 bits per heavy atom. The van der Waals surface area contributed by atoms with Crippen LogP contribution in [0, 0.1) is 20.8 Å². The second-order valence-electron chi connectivity index (χ2n) is 7.55. The summed E-state index contributed by atoms with van der Waals surface area (Å²) in [6.07, 6.45) is 1.81. The highest BCUT2D eigenvalue weighted by atomic mass is 32.1. The van der Waals surface area contributed by atoms with Gasteiger partial charge in [-0.05, 0) is 61.7 Å². The molecule has 0 fully saturated rings. The monoisotopic (exact) mass is 427 g/mol. The molecule has 156 valence electrons. The number of nitrogens with zero attached hydrogens (tertiary/aromatic N) is 1. The molecule has 0 aliphatic rings. The molecular weight excluding hydrogens is 402 g/mol. The van der Waals surface area contributed by atoms with Crippen LogP contribution < -0.4 is 10.6 Å². The predicted octanol–water partition coefficient (Wildman–Crippen LogP) is 6.52. The van der Waals surface area contributed by atoms with Crippen LogP contribution in [0.2, 0.25) is 0 Å². The van der Waals surface area contributed by atoms with Gasteiger partial charge in [-0.3, -0.25) is 4.79 Å². The van der Waals surface area contributed by atoms with Crippen molar-refractivity contribution in [2.24, 2.45) is 0 Å². The number of carbonyl (C=O) groups excluding carboxylic acids is 1. The van der Waals surface area contributed by atoms with E-state index in [1.54, 1.807) is 11.3 Å². The molecule has 0 aliphatic carbocycles. The smallest absolute Gasteiger partial charge is 0.256 e. The average molecular weight is 428 g/mol. The minimum absolute atomic E-state index is 0.108. The number of carbonyl (C=O) groups is 1. The predicted molar refractivity (Wildman–Crippen MR) is 129 cm³/mol. The van der Waals surface area contributed by atoms with Crippen LogP contribution >= 0.6 is 11.3 Å². The number of hydrogen-bond donors (Lipinski definition) is 2. The van der Waals surface area contributed by atoms with Crippen molar-refractivity contribution in [3.63, 3.8) is 0 Å². The number of rotatable bonds is 6. The zero-order chi connectivity index (χ0) is 21.8. The van der Waals surface area contributed by atoms with Crippen LogP contribution in [0.4, 0.5) is 10.8 Å². The first kappa shape index (κ1) is 20.8. The number of aryl methyl sites for hydroxylation is 2. The van der Waals surface area contributed by atoms with Crippen LogP contribution in [0.1, 0.15) is 43.5 Å². The third-order valence-electron chi connectivity index (χ3n) is 5.32. The maximum atomic E-state index is 12.9. The van der Waals surface area contributed by atoms with Gasteiger partial charge >= 0.3 is 0 Å². The lowest BCUT2D eigenvalue weighted by Crippen LogP contribution is -2.18. The summed E-state index contributed by atoms with van der Waals surface area (Å²) < 4.78 is 0. The lowest BCUT2D eigenvalue weighted by Gasteiger charge is -2.22. The molecule has 0 bridgehead atoms. The van der Waals surface area contributed by atoms with E-state index in [2.05, 4.69) is 48.5 Å². The molecule has 1 unspecified atom stereocenters. The van der Waals surface area contributed by atoms with E-state index in [0.29, 0.717) is 5.56 Å². The first-order valence-corrected chi connectivity index (χ1v) is 11.0. The Hall–Kier alpha value is -3.44. The van der Waals surface area contributed by atoms with Gasteiger partial charge in [0.1, 0.15) is 10.8 Å². The van der Waals surface area contributed by atoms with E-state index in [9.17, 15) is 4.79 Å². The Kier molecular flexibility index (Phi) is 6.14. The normalized spacial score (nSPS) is 11.7. The molecule has 0 radical (unpaired) electrons. The van der Waals surface area contributed by atoms with Gasteiger partial charge < -0.3 is 10.6 Å². The summed E-state index contributed by atoms with van der Waals surface area (Å²) in [7, 11) is 0. The molecular formula is C26H25N3OS. The summed E-state index contributed by atoms with van der Waals surface area (Å²) in [5, 5.41) is 7.62. The zero-order valence-corrected chi connectivity index (χ0v) is 18.7. The molecule has 2 aromatic carbocycles. The highest BCUT2D eigenvalue weighted by molar-refractivity contribution is 7.16. The quantitative estimate of drug-likeness (QED) is 0.368. The third kappa shape index (κ3) is 4.67. The largest absolute Gasteiger partial charge is 0.359 e. The summed E-state index contributed by atoms with van der Waals surface area (Å²) in [5.74, 6) is 0.695. The number of nitrogens with one attached hydrogen (secondary N) is 2. The van der Waals surface area contributed by atoms with Crippen molar-refractivity contribution in [1.82, 2.24) is 4.98 Å². The Morgan fingerprint density at radius 2 is 1.61 bits per heavy atom. The van der Waals surface area contributed by atoms with Crippen LogP contribution in [0.25, 0.3) is 0 Å². The maximum Gasteiger partial charge on any atom is 0.256 e. The summed E-state index contributed by atoms with van der Waals surface area (Å²) in [5.41, 5.74) is 5.13. The highest BCUT2D eigenvalue weighted by Crippen LogP contribution is 2.41. The Labute approximate surface area is 187 Å². The molecule has 0 spiro atoms. The second-order valence-corrected chi connectivity index (χ2v) is 8.78. The minimum atomic E-state index is -0.147. The number of aromatic nitrogens is 1. The SMILES string of the molecule is Cc1ccnc(NC(c2ccccc2)c2c(NC(=O)c3ccccc3)sc(C)c2C)c1. The first-order valence-electron chi connectivity index (χ1n) is 10.2. The van der Waals surface area contributed by atoms with Gasteiger partial charge in [0, 0.05) is 22.2 Å². The van der Waals surface area contributed by atoms with Gasteiger partial charge in [0.05, 0.1) is 6.04 Å². The number of benzene rings is 2. The van der Waals surface area contributed by atoms with Crippen molar-refractivity contribution in [1.29, 1.82) is 0 Å². The summed E-state index contributed by atoms with van der Waals surface area (Å²) in [4.78, 5) is 18.6. The molecule has 0 aliphatic heterocycles. The van der Waals surface area contributed by atoms with Crippen LogP contribution in [0.3, 0.4) is 0 Å². The molecule has 0 saturated carbocycles. The topological polar surface area (TPSA) is 54.0 Å². The Morgan fingerprint density at radius 3 is 2.29 bits per heavy atom. The van der Waals surface area contributed by atoms with Gasteiger partial charge in [0.2, 0.25) is 0 Å². The van der Waals surface area contributed by atoms with Crippen LogP contribution in [0.15, 0.2) is 79.0 Å². The van der Waals surface area contributed by atoms with Crippen LogP contribution in [-0.2, 0) is 0 Å². The standard InChI is InChI=1S/C26H25N3OS/c1-17-14-15-27-22(16-17)28-24(20-10-6-4-7-11-20)23-18(2)19(3)31-26(23)29-25(30)21-12-8-5-9-13-21/h4-16,24H,1-3H3,(H,27,28)(H,29,30). The number of pyridine rings is 1. The Bertz CT molecular complexity index is 1190. The molecule has 0 saturated heterocycles. The van der Waals surface area contributed by atoms with Gasteiger partial charge in [0.15, 0.2) is 0 Å². The summed E-state index contributed by atoms with van der Waals surface area (Å²) in [6.45, 7) is 6.26. The second kappa shape index (κ2) is 9.14. The van der Waals surface area contributed by atoms with Gasteiger partial charge in [0.25, 0.3) is 5.91 Å². The van der Waals surface area contributed by atoms with Crippen LogP contribution in [0.5, 0.6) is 0 Å². The van der Waals surface area contributed by atoms with Crippen LogP contribution in [-0.4, -0.2) is 10.9 Å². The van der Waals surface area contributed by atoms with E-state index >= 15 is 0 Å². The molecule has 5 heteroatoms. The van der Waals surface area contributed by atoms with E-state index in [1.165, 1.54) is 10.4 Å². The van der Waals surface area contributed by atoms with Crippen molar-refractivity contribution in [3.05, 3.63) is 112 Å². The molecule has 1 atom stereocenters. The van der Waals surface area contributed by atoms with Crippen molar-refractivity contribution in [3.8, 4) is 0 Å². The van der Waals surface area contributed by atoms with Gasteiger partial charge in [-0.25, -0.2) is 4.98 Å². The molecule has 4 aromatic rings. The first-order chi connectivity index (χ1) is 15.0. The minimum Gasteiger partial charge on any atom is -0.359 e. The number of anilines is 2. The number of amides is 1. The molecule has 2 N–H and O–H groups in total.